The molecule has 1 aliphatic rings. The second-order valence-electron chi connectivity index (χ2n) is 5.62. The van der Waals surface area contributed by atoms with Gasteiger partial charge in [-0.2, -0.15) is 0 Å². The zero-order valence-electron chi connectivity index (χ0n) is 13.2. The van der Waals surface area contributed by atoms with Crippen molar-refractivity contribution < 1.29 is 33.2 Å². The molecule has 134 valence electrons. The first-order valence-electron chi connectivity index (χ1n) is 7.52. The first kappa shape index (κ1) is 19.0. The quantitative estimate of drug-likeness (QED) is 0.652. The van der Waals surface area contributed by atoms with Crippen LogP contribution in [0.5, 0.6) is 0 Å². The summed E-state index contributed by atoms with van der Waals surface area (Å²) in [6.07, 6.45) is -4.85. The van der Waals surface area contributed by atoms with Crippen LogP contribution in [0.15, 0.2) is 35.7 Å². The molecule has 8 heteroatoms. The average molecular weight is 358 g/mol. The topological polar surface area (TPSA) is 113 Å². The molecule has 1 saturated heterocycles. The number of methoxy groups -OCH3 is 1. The van der Waals surface area contributed by atoms with Gasteiger partial charge < -0.3 is 24.8 Å². The summed E-state index contributed by atoms with van der Waals surface area (Å²) in [7, 11) is -2.23. The first-order chi connectivity index (χ1) is 11.3. The molecule has 0 spiro atoms. The molecule has 3 N–H and O–H groups in total. The predicted octanol–water partition coefficient (Wildman–Crippen LogP) is -0.0838. The molecule has 0 saturated carbocycles. The Kier molecular flexibility index (Phi) is 6.50. The molecule has 1 aromatic rings. The zero-order valence-corrected chi connectivity index (χ0v) is 14.0. The Bertz CT molecular complexity index is 642. The molecule has 5 atom stereocenters. The highest BCUT2D eigenvalue weighted by Gasteiger charge is 2.43. The lowest BCUT2D eigenvalue weighted by molar-refractivity contribution is -0.289. The van der Waals surface area contributed by atoms with E-state index in [0.717, 1.165) is 11.0 Å². The normalized spacial score (nSPS) is 31.4. The Hall–Kier alpha value is -1.29. The average Bonchev–Trinajstić information content (AvgIpc) is 2.58. The van der Waals surface area contributed by atoms with E-state index in [9.17, 15) is 23.7 Å². The third kappa shape index (κ3) is 4.85. The molecule has 7 nitrogen and oxygen atoms in total. The standard InChI is InChI=1S/C16H22O7S/c1-22-16-15(19)14(18)13(17)12(23-16)8-10-24(20,21)9-7-11-5-3-2-4-6-11/h2-7,9,12-19H,8,10H2,1H3/b9-7+/t12-,13?,14-,15+,16?/m1/s1. The predicted molar refractivity (Wildman–Crippen MR) is 87.6 cm³/mol. The molecular formula is C16H22O7S. The molecule has 24 heavy (non-hydrogen) atoms. The minimum absolute atomic E-state index is 0.0354. The van der Waals surface area contributed by atoms with Crippen LogP contribution < -0.4 is 0 Å². The zero-order chi connectivity index (χ0) is 17.7. The van der Waals surface area contributed by atoms with E-state index >= 15 is 0 Å². The van der Waals surface area contributed by atoms with Crippen LogP contribution in [0.2, 0.25) is 0 Å². The van der Waals surface area contributed by atoms with Crippen LogP contribution >= 0.6 is 0 Å². The summed E-state index contributed by atoms with van der Waals surface area (Å²) in [6, 6.07) is 8.99. The van der Waals surface area contributed by atoms with Gasteiger partial charge in [0.15, 0.2) is 16.1 Å². The molecule has 1 aromatic carbocycles. The summed E-state index contributed by atoms with van der Waals surface area (Å²) >= 11 is 0. The van der Waals surface area contributed by atoms with E-state index in [-0.39, 0.29) is 12.2 Å². The van der Waals surface area contributed by atoms with Crippen molar-refractivity contribution in [1.29, 1.82) is 0 Å². The SMILES string of the molecule is COC1O[C@H](CCS(=O)(=O)/C=C/c2ccccc2)C(O)[C@@H](O)[C@@H]1O. The Balaban J connectivity index is 1.97. The summed E-state index contributed by atoms with van der Waals surface area (Å²) in [5.74, 6) is -0.267. The molecular weight excluding hydrogens is 336 g/mol. The Labute approximate surface area is 141 Å². The van der Waals surface area contributed by atoms with Crippen molar-refractivity contribution in [2.24, 2.45) is 0 Å². The van der Waals surface area contributed by atoms with E-state index in [1.807, 2.05) is 6.07 Å². The van der Waals surface area contributed by atoms with Crippen molar-refractivity contribution in [2.75, 3.05) is 12.9 Å². The van der Waals surface area contributed by atoms with Gasteiger partial charge in [0.2, 0.25) is 0 Å². The number of ether oxygens (including phenoxy) is 2. The van der Waals surface area contributed by atoms with Crippen molar-refractivity contribution in [2.45, 2.75) is 37.1 Å². The van der Waals surface area contributed by atoms with Gasteiger partial charge >= 0.3 is 0 Å². The van der Waals surface area contributed by atoms with Crippen LogP contribution in [0, 0.1) is 0 Å². The van der Waals surface area contributed by atoms with Crippen LogP contribution in [0.25, 0.3) is 6.08 Å². The number of hydrogen-bond acceptors (Lipinski definition) is 7. The highest BCUT2D eigenvalue weighted by Crippen LogP contribution is 2.24. The summed E-state index contributed by atoms with van der Waals surface area (Å²) in [5.41, 5.74) is 0.757. The van der Waals surface area contributed by atoms with Gasteiger partial charge in [-0.1, -0.05) is 30.3 Å². The number of aliphatic hydroxyl groups is 3. The Morgan fingerprint density at radius 1 is 1.12 bits per heavy atom. The minimum atomic E-state index is -3.51. The largest absolute Gasteiger partial charge is 0.388 e. The van der Waals surface area contributed by atoms with E-state index in [4.69, 9.17) is 9.47 Å². The maximum absolute atomic E-state index is 12.1. The lowest BCUT2D eigenvalue weighted by Gasteiger charge is -2.39. The fourth-order valence-corrected chi connectivity index (χ4v) is 3.51. The number of aliphatic hydroxyl groups excluding tert-OH is 3. The van der Waals surface area contributed by atoms with E-state index in [0.29, 0.717) is 0 Å². The monoisotopic (exact) mass is 358 g/mol. The van der Waals surface area contributed by atoms with Crippen molar-refractivity contribution >= 4 is 15.9 Å². The van der Waals surface area contributed by atoms with Gasteiger partial charge in [0.1, 0.15) is 18.3 Å². The van der Waals surface area contributed by atoms with Crippen LogP contribution in [0.4, 0.5) is 0 Å². The minimum Gasteiger partial charge on any atom is -0.388 e. The summed E-state index contributed by atoms with van der Waals surface area (Å²) < 4.78 is 34.4. The van der Waals surface area contributed by atoms with Gasteiger partial charge in [-0.3, -0.25) is 0 Å². The molecule has 2 rings (SSSR count). The summed E-state index contributed by atoms with van der Waals surface area (Å²) in [6.45, 7) is 0. The molecule has 0 aliphatic carbocycles. The molecule has 1 heterocycles. The van der Waals surface area contributed by atoms with Gasteiger partial charge in [0.25, 0.3) is 0 Å². The van der Waals surface area contributed by atoms with Crippen molar-refractivity contribution in [1.82, 2.24) is 0 Å². The van der Waals surface area contributed by atoms with Gasteiger partial charge in [-0.25, -0.2) is 8.42 Å². The highest BCUT2D eigenvalue weighted by molar-refractivity contribution is 7.94. The maximum Gasteiger partial charge on any atom is 0.186 e. The summed E-state index contributed by atoms with van der Waals surface area (Å²) in [4.78, 5) is 0. The second-order valence-corrected chi connectivity index (χ2v) is 7.63. The van der Waals surface area contributed by atoms with E-state index in [1.54, 1.807) is 24.3 Å². The number of sulfone groups is 1. The Morgan fingerprint density at radius 3 is 2.42 bits per heavy atom. The van der Waals surface area contributed by atoms with E-state index in [2.05, 4.69) is 0 Å². The van der Waals surface area contributed by atoms with Gasteiger partial charge in [0, 0.05) is 12.5 Å². The highest BCUT2D eigenvalue weighted by atomic mass is 32.2. The fraction of sp³-hybridized carbons (Fsp3) is 0.500. The summed E-state index contributed by atoms with van der Waals surface area (Å²) in [5, 5.41) is 30.5. The first-order valence-corrected chi connectivity index (χ1v) is 9.24. The van der Waals surface area contributed by atoms with Gasteiger partial charge in [-0.05, 0) is 18.1 Å². The number of hydrogen-bond donors (Lipinski definition) is 3. The lowest BCUT2D eigenvalue weighted by atomic mass is 9.97. The third-order valence-corrected chi connectivity index (χ3v) is 5.21. The van der Waals surface area contributed by atoms with E-state index < -0.39 is 40.5 Å². The Morgan fingerprint density at radius 2 is 1.79 bits per heavy atom. The molecule has 0 amide bonds. The van der Waals surface area contributed by atoms with E-state index in [1.165, 1.54) is 13.2 Å². The van der Waals surface area contributed by atoms with Crippen LogP contribution in [0.1, 0.15) is 12.0 Å². The van der Waals surface area contributed by atoms with Crippen molar-refractivity contribution in [3.63, 3.8) is 0 Å². The molecule has 2 unspecified atom stereocenters. The van der Waals surface area contributed by atoms with Gasteiger partial charge in [0.05, 0.1) is 11.9 Å². The van der Waals surface area contributed by atoms with Crippen molar-refractivity contribution in [3.05, 3.63) is 41.3 Å². The smallest absolute Gasteiger partial charge is 0.186 e. The molecule has 0 aromatic heterocycles. The maximum atomic E-state index is 12.1. The molecule has 0 radical (unpaired) electrons. The number of benzene rings is 1. The van der Waals surface area contributed by atoms with Gasteiger partial charge in [-0.15, -0.1) is 0 Å². The van der Waals surface area contributed by atoms with Crippen LogP contribution in [-0.4, -0.2) is 67.3 Å². The molecule has 1 aliphatic heterocycles. The van der Waals surface area contributed by atoms with Crippen LogP contribution in [-0.2, 0) is 19.3 Å². The second kappa shape index (κ2) is 8.19. The van der Waals surface area contributed by atoms with Crippen LogP contribution in [0.3, 0.4) is 0 Å². The fourth-order valence-electron chi connectivity index (χ4n) is 2.44. The number of rotatable bonds is 6. The molecule has 0 bridgehead atoms. The lowest BCUT2D eigenvalue weighted by Crippen LogP contribution is -2.58. The van der Waals surface area contributed by atoms with Crippen molar-refractivity contribution in [3.8, 4) is 0 Å². The third-order valence-electron chi connectivity index (χ3n) is 3.86. The molecule has 1 fully saturated rings.